The average Bonchev–Trinajstić information content (AvgIpc) is 3.26. The minimum Gasteiger partial charge on any atom is -0.389 e. The minimum atomic E-state index is -0.453. The van der Waals surface area contributed by atoms with Gasteiger partial charge in [-0.2, -0.15) is 0 Å². The number of rotatable bonds is 7. The van der Waals surface area contributed by atoms with E-state index in [1.54, 1.807) is 0 Å². The minimum absolute atomic E-state index is 0.107. The number of hydrogen-bond donors (Lipinski definition) is 1. The van der Waals surface area contributed by atoms with Gasteiger partial charge in [-0.1, -0.05) is 74.1 Å². The molecule has 2 atom stereocenters. The summed E-state index contributed by atoms with van der Waals surface area (Å²) in [4.78, 5) is 0. The molecule has 1 aromatic rings. The van der Waals surface area contributed by atoms with Gasteiger partial charge in [0.25, 0.3) is 0 Å². The Kier molecular flexibility index (Phi) is 7.56. The van der Waals surface area contributed by atoms with Gasteiger partial charge in [-0.05, 0) is 56.1 Å². The molecule has 1 unspecified atom stereocenters. The zero-order valence-corrected chi connectivity index (χ0v) is 19.5. The van der Waals surface area contributed by atoms with Crippen molar-refractivity contribution >= 4 is 0 Å². The maximum Gasteiger partial charge on any atom is 0.177 e. The lowest BCUT2D eigenvalue weighted by Gasteiger charge is -2.46. The van der Waals surface area contributed by atoms with Gasteiger partial charge in [0.1, 0.15) is 0 Å². The van der Waals surface area contributed by atoms with E-state index in [0.717, 1.165) is 44.1 Å². The first-order valence-electron chi connectivity index (χ1n) is 12.4. The van der Waals surface area contributed by atoms with Gasteiger partial charge in [0.2, 0.25) is 0 Å². The highest BCUT2D eigenvalue weighted by Crippen LogP contribution is 2.50. The van der Waals surface area contributed by atoms with Crippen LogP contribution in [0.1, 0.15) is 76.7 Å². The smallest absolute Gasteiger partial charge is 0.177 e. The lowest BCUT2D eigenvalue weighted by Crippen LogP contribution is -2.48. The van der Waals surface area contributed by atoms with Gasteiger partial charge in [0, 0.05) is 23.8 Å². The van der Waals surface area contributed by atoms with E-state index in [2.05, 4.69) is 43.0 Å². The summed E-state index contributed by atoms with van der Waals surface area (Å²) in [5, 5.41) is 10.5. The molecule has 3 nitrogen and oxygen atoms in total. The molecule has 1 aliphatic heterocycles. The summed E-state index contributed by atoms with van der Waals surface area (Å²) in [7, 11) is 0. The van der Waals surface area contributed by atoms with Crippen molar-refractivity contribution in [3.8, 4) is 11.8 Å². The summed E-state index contributed by atoms with van der Waals surface area (Å²) in [5.41, 5.74) is 1.27. The summed E-state index contributed by atoms with van der Waals surface area (Å²) in [6, 6.07) is 10.2. The van der Waals surface area contributed by atoms with E-state index >= 15 is 0 Å². The van der Waals surface area contributed by atoms with Crippen LogP contribution in [0, 0.1) is 22.7 Å². The van der Waals surface area contributed by atoms with E-state index in [1.807, 2.05) is 30.4 Å². The SMILES string of the molecule is C[C@@]1(/C=C/C=C/C(O)CCC2(CC#Cc3ccccc3)CCC2)CCCCC12OCCO2. The van der Waals surface area contributed by atoms with Crippen LogP contribution < -0.4 is 0 Å². The molecule has 32 heavy (non-hydrogen) atoms. The van der Waals surface area contributed by atoms with E-state index in [9.17, 15) is 5.11 Å². The van der Waals surface area contributed by atoms with Gasteiger partial charge in [-0.3, -0.25) is 0 Å². The summed E-state index contributed by atoms with van der Waals surface area (Å²) in [6.45, 7) is 3.62. The van der Waals surface area contributed by atoms with E-state index in [0.29, 0.717) is 18.6 Å². The first kappa shape index (κ1) is 23.3. The maximum atomic E-state index is 10.5. The van der Waals surface area contributed by atoms with Crippen LogP contribution in [0.5, 0.6) is 0 Å². The summed E-state index contributed by atoms with van der Waals surface area (Å²) < 4.78 is 12.1. The van der Waals surface area contributed by atoms with Crippen molar-refractivity contribution in [2.45, 2.75) is 83.0 Å². The Morgan fingerprint density at radius 2 is 1.75 bits per heavy atom. The van der Waals surface area contributed by atoms with Crippen molar-refractivity contribution in [2.75, 3.05) is 13.2 Å². The van der Waals surface area contributed by atoms with Crippen LogP contribution in [0.2, 0.25) is 0 Å². The molecule has 0 aromatic heterocycles. The summed E-state index contributed by atoms with van der Waals surface area (Å²) >= 11 is 0. The highest BCUT2D eigenvalue weighted by Gasteiger charge is 2.52. The zero-order valence-electron chi connectivity index (χ0n) is 19.5. The molecule has 1 saturated heterocycles. The Hall–Kier alpha value is -1.86. The Morgan fingerprint density at radius 1 is 1.00 bits per heavy atom. The quantitative estimate of drug-likeness (QED) is 0.412. The molecule has 0 bridgehead atoms. The fraction of sp³-hybridized carbons (Fsp3) is 0.586. The number of benzene rings is 1. The van der Waals surface area contributed by atoms with E-state index < -0.39 is 11.9 Å². The van der Waals surface area contributed by atoms with Gasteiger partial charge >= 0.3 is 0 Å². The predicted octanol–water partition coefficient (Wildman–Crippen LogP) is 6.18. The molecule has 0 radical (unpaired) electrons. The second-order valence-electron chi connectivity index (χ2n) is 10.1. The molecule has 1 spiro atoms. The normalized spacial score (nSPS) is 27.3. The molecular weight excluding hydrogens is 396 g/mol. The maximum absolute atomic E-state index is 10.5. The second-order valence-corrected chi connectivity index (χ2v) is 10.1. The monoisotopic (exact) mass is 434 g/mol. The molecule has 172 valence electrons. The highest BCUT2D eigenvalue weighted by molar-refractivity contribution is 5.33. The van der Waals surface area contributed by atoms with Crippen molar-refractivity contribution in [1.29, 1.82) is 0 Å². The zero-order chi connectivity index (χ0) is 22.3. The molecule has 3 heteroatoms. The number of aliphatic hydroxyl groups excluding tert-OH is 1. The highest BCUT2D eigenvalue weighted by atomic mass is 16.7. The van der Waals surface area contributed by atoms with Crippen molar-refractivity contribution in [3.05, 3.63) is 60.2 Å². The van der Waals surface area contributed by atoms with Gasteiger partial charge in [-0.25, -0.2) is 0 Å². The molecule has 1 N–H and O–H groups in total. The number of allylic oxidation sites excluding steroid dienone is 2. The molecule has 4 rings (SSSR count). The third-order valence-corrected chi connectivity index (χ3v) is 7.84. The molecule has 1 aromatic carbocycles. The first-order valence-corrected chi connectivity index (χ1v) is 12.4. The third-order valence-electron chi connectivity index (χ3n) is 7.84. The second kappa shape index (κ2) is 10.4. The predicted molar refractivity (Wildman–Crippen MR) is 129 cm³/mol. The fourth-order valence-electron chi connectivity index (χ4n) is 5.52. The fourth-order valence-corrected chi connectivity index (χ4v) is 5.52. The number of ether oxygens (including phenoxy) is 2. The molecule has 3 aliphatic rings. The Balaban J connectivity index is 1.27. The van der Waals surface area contributed by atoms with Crippen molar-refractivity contribution in [1.82, 2.24) is 0 Å². The van der Waals surface area contributed by atoms with Crippen LogP contribution in [-0.2, 0) is 9.47 Å². The molecule has 3 fully saturated rings. The third kappa shape index (κ3) is 5.37. The van der Waals surface area contributed by atoms with E-state index in [-0.39, 0.29) is 5.41 Å². The van der Waals surface area contributed by atoms with Gasteiger partial charge in [0.15, 0.2) is 5.79 Å². The average molecular weight is 435 g/mol. The standard InChI is InChI=1S/C29H38O3/c1-27(17-7-8-21-29(27)31-23-24-32-29)16-6-5-14-26(30)15-22-28(19-10-20-28)18-9-13-25-11-3-2-4-12-25/h2-6,11-12,14,16,26,30H,7-8,10,15,17-24H2,1H3/b14-5+,16-6+/t26?,27-/m1/s1. The number of aliphatic hydroxyl groups is 1. The number of hydrogen-bond acceptors (Lipinski definition) is 3. The van der Waals surface area contributed by atoms with Crippen LogP contribution >= 0.6 is 0 Å². The summed E-state index contributed by atoms with van der Waals surface area (Å²) in [6.07, 6.45) is 18.7. The van der Waals surface area contributed by atoms with Gasteiger partial charge in [0.05, 0.1) is 19.3 Å². The van der Waals surface area contributed by atoms with Crippen molar-refractivity contribution < 1.29 is 14.6 Å². The molecule has 2 aliphatic carbocycles. The lowest BCUT2D eigenvalue weighted by atomic mass is 9.64. The lowest BCUT2D eigenvalue weighted by molar-refractivity contribution is -0.235. The Bertz CT molecular complexity index is 849. The Morgan fingerprint density at radius 3 is 2.47 bits per heavy atom. The first-order chi connectivity index (χ1) is 15.6. The molecule has 0 amide bonds. The van der Waals surface area contributed by atoms with Crippen molar-refractivity contribution in [3.63, 3.8) is 0 Å². The Labute approximate surface area is 193 Å². The van der Waals surface area contributed by atoms with Crippen LogP contribution in [-0.4, -0.2) is 30.2 Å². The molecule has 2 saturated carbocycles. The van der Waals surface area contributed by atoms with Crippen LogP contribution in [0.15, 0.2) is 54.6 Å². The summed E-state index contributed by atoms with van der Waals surface area (Å²) in [5.74, 6) is 6.24. The van der Waals surface area contributed by atoms with Crippen LogP contribution in [0.4, 0.5) is 0 Å². The largest absolute Gasteiger partial charge is 0.389 e. The van der Waals surface area contributed by atoms with Crippen molar-refractivity contribution in [2.24, 2.45) is 10.8 Å². The molecular formula is C29H38O3. The van der Waals surface area contributed by atoms with Crippen LogP contribution in [0.3, 0.4) is 0 Å². The van der Waals surface area contributed by atoms with Gasteiger partial charge < -0.3 is 14.6 Å². The van der Waals surface area contributed by atoms with Crippen LogP contribution in [0.25, 0.3) is 0 Å². The van der Waals surface area contributed by atoms with E-state index in [1.165, 1.54) is 25.7 Å². The topological polar surface area (TPSA) is 38.7 Å². The molecule has 1 heterocycles. The van der Waals surface area contributed by atoms with E-state index in [4.69, 9.17) is 9.47 Å². The van der Waals surface area contributed by atoms with Gasteiger partial charge in [-0.15, -0.1) is 0 Å².